The fourth-order valence-corrected chi connectivity index (χ4v) is 3.69. The average molecular weight is 412 g/mol. The zero-order chi connectivity index (χ0) is 21.2. The number of benzene rings is 1. The predicted molar refractivity (Wildman–Crippen MR) is 114 cm³/mol. The summed E-state index contributed by atoms with van der Waals surface area (Å²) in [7, 11) is 0. The monoisotopic (exact) mass is 411 g/mol. The molecule has 3 rings (SSSR count). The van der Waals surface area contributed by atoms with Crippen molar-refractivity contribution in [2.75, 3.05) is 18.4 Å². The average Bonchev–Trinajstić information content (AvgIpc) is 3.31. The van der Waals surface area contributed by atoms with Crippen molar-refractivity contribution in [2.45, 2.75) is 44.9 Å². The van der Waals surface area contributed by atoms with E-state index < -0.39 is 0 Å². The van der Waals surface area contributed by atoms with Crippen LogP contribution in [0.15, 0.2) is 47.1 Å². The van der Waals surface area contributed by atoms with Crippen LogP contribution in [0.3, 0.4) is 0 Å². The normalized spacial score (nSPS) is 14.1. The second-order valence-corrected chi connectivity index (χ2v) is 7.66. The van der Waals surface area contributed by atoms with Crippen LogP contribution in [0.4, 0.5) is 5.69 Å². The second-order valence-electron chi connectivity index (χ2n) is 7.66. The maximum Gasteiger partial charge on any atom is 0.287 e. The lowest BCUT2D eigenvalue weighted by Crippen LogP contribution is -2.34. The lowest BCUT2D eigenvalue weighted by Gasteiger charge is -2.21. The highest BCUT2D eigenvalue weighted by Crippen LogP contribution is 2.27. The summed E-state index contributed by atoms with van der Waals surface area (Å²) in [5, 5.41) is 8.31. The quantitative estimate of drug-likeness (QED) is 0.547. The van der Waals surface area contributed by atoms with E-state index in [0.717, 1.165) is 6.42 Å². The van der Waals surface area contributed by atoms with Gasteiger partial charge in [-0.05, 0) is 48.7 Å². The number of nitrogens with one attached hydrogen (secondary N) is 3. The molecule has 7 nitrogen and oxygen atoms in total. The highest BCUT2D eigenvalue weighted by atomic mass is 16.3. The van der Waals surface area contributed by atoms with Crippen LogP contribution in [0.2, 0.25) is 0 Å². The fourth-order valence-electron chi connectivity index (χ4n) is 3.69. The lowest BCUT2D eigenvalue weighted by molar-refractivity contribution is -0.116. The van der Waals surface area contributed by atoms with E-state index in [1.165, 1.54) is 38.4 Å². The van der Waals surface area contributed by atoms with Gasteiger partial charge in [0, 0.05) is 30.8 Å². The molecule has 1 heterocycles. The molecule has 0 unspecified atom stereocenters. The van der Waals surface area contributed by atoms with Crippen LogP contribution in [0, 0.1) is 5.92 Å². The molecule has 3 N–H and O–H groups in total. The van der Waals surface area contributed by atoms with Crippen molar-refractivity contribution >= 4 is 23.4 Å². The zero-order valence-electron chi connectivity index (χ0n) is 17.1. The number of carbonyl (C=O) groups excluding carboxylic acids is 3. The van der Waals surface area contributed by atoms with E-state index in [1.54, 1.807) is 36.4 Å². The third-order valence-corrected chi connectivity index (χ3v) is 5.38. The van der Waals surface area contributed by atoms with Crippen LogP contribution in [0.5, 0.6) is 0 Å². The Bertz CT molecular complexity index is 825. The van der Waals surface area contributed by atoms with Gasteiger partial charge in [0.2, 0.25) is 5.91 Å². The minimum absolute atomic E-state index is 0.0186. The molecule has 0 aliphatic heterocycles. The zero-order valence-corrected chi connectivity index (χ0v) is 17.1. The Morgan fingerprint density at radius 3 is 2.27 bits per heavy atom. The van der Waals surface area contributed by atoms with E-state index in [1.807, 2.05) is 0 Å². The van der Waals surface area contributed by atoms with Gasteiger partial charge in [-0.15, -0.1) is 0 Å². The third kappa shape index (κ3) is 6.76. The lowest BCUT2D eigenvalue weighted by atomic mass is 9.86. The van der Waals surface area contributed by atoms with Gasteiger partial charge in [0.05, 0.1) is 6.26 Å². The summed E-state index contributed by atoms with van der Waals surface area (Å²) in [6, 6.07) is 10.0. The molecule has 0 spiro atoms. The number of anilines is 1. The number of carbonyl (C=O) groups is 3. The molecular formula is C23H29N3O4. The van der Waals surface area contributed by atoms with Gasteiger partial charge >= 0.3 is 0 Å². The van der Waals surface area contributed by atoms with Crippen molar-refractivity contribution in [3.8, 4) is 0 Å². The summed E-state index contributed by atoms with van der Waals surface area (Å²) in [6.07, 6.45) is 9.28. The molecule has 1 aliphatic carbocycles. The Labute approximate surface area is 176 Å². The molecule has 3 amide bonds. The minimum Gasteiger partial charge on any atom is -0.459 e. The van der Waals surface area contributed by atoms with Gasteiger partial charge < -0.3 is 20.4 Å². The summed E-state index contributed by atoms with van der Waals surface area (Å²) in [6.45, 7) is 0.589. The largest absolute Gasteiger partial charge is 0.459 e. The summed E-state index contributed by atoms with van der Waals surface area (Å²) >= 11 is 0. The van der Waals surface area contributed by atoms with Gasteiger partial charge in [0.1, 0.15) is 0 Å². The molecule has 1 saturated carbocycles. The number of hydrogen-bond acceptors (Lipinski definition) is 4. The Hall–Kier alpha value is -3.09. The highest BCUT2D eigenvalue weighted by Gasteiger charge is 2.15. The fraction of sp³-hybridized carbons (Fsp3) is 0.435. The smallest absolute Gasteiger partial charge is 0.287 e. The van der Waals surface area contributed by atoms with Gasteiger partial charge in [-0.3, -0.25) is 14.4 Å². The number of furan rings is 1. The molecule has 0 radical (unpaired) electrons. The predicted octanol–water partition coefficient (Wildman–Crippen LogP) is 3.74. The topological polar surface area (TPSA) is 100 Å². The second kappa shape index (κ2) is 11.2. The van der Waals surface area contributed by atoms with Crippen LogP contribution in [-0.4, -0.2) is 30.8 Å². The van der Waals surface area contributed by atoms with Crippen LogP contribution >= 0.6 is 0 Å². The van der Waals surface area contributed by atoms with Gasteiger partial charge in [-0.25, -0.2) is 0 Å². The summed E-state index contributed by atoms with van der Waals surface area (Å²) < 4.78 is 5.00. The van der Waals surface area contributed by atoms with Crippen LogP contribution in [-0.2, 0) is 4.79 Å². The number of amides is 3. The van der Waals surface area contributed by atoms with Crippen molar-refractivity contribution in [1.82, 2.24) is 10.6 Å². The van der Waals surface area contributed by atoms with Crippen molar-refractivity contribution in [2.24, 2.45) is 5.92 Å². The van der Waals surface area contributed by atoms with E-state index in [-0.39, 0.29) is 23.5 Å². The maximum atomic E-state index is 12.2. The van der Waals surface area contributed by atoms with Gasteiger partial charge in [-0.2, -0.15) is 0 Å². The molecule has 0 saturated heterocycles. The van der Waals surface area contributed by atoms with E-state index in [2.05, 4.69) is 16.0 Å². The van der Waals surface area contributed by atoms with Crippen molar-refractivity contribution in [3.05, 3.63) is 54.0 Å². The maximum absolute atomic E-state index is 12.2. The van der Waals surface area contributed by atoms with Gasteiger partial charge in [-0.1, -0.05) is 32.1 Å². The summed E-state index contributed by atoms with van der Waals surface area (Å²) in [5.74, 6) is 0.373. The molecule has 1 aliphatic rings. The first-order chi connectivity index (χ1) is 14.6. The first-order valence-electron chi connectivity index (χ1n) is 10.6. The van der Waals surface area contributed by atoms with E-state index in [0.29, 0.717) is 36.7 Å². The van der Waals surface area contributed by atoms with Crippen molar-refractivity contribution in [3.63, 3.8) is 0 Å². The van der Waals surface area contributed by atoms with Crippen molar-refractivity contribution < 1.29 is 18.8 Å². The van der Waals surface area contributed by atoms with E-state index >= 15 is 0 Å². The standard InChI is InChI=1S/C23H29N3O4/c27-21(13-8-17-5-2-1-3-6-17)26-19-11-9-18(10-12-19)22(28)24-14-15-25-23(29)20-7-4-16-30-20/h4,7,9-12,16-17H,1-3,5-6,8,13-15H2,(H,24,28)(H,25,29)(H,26,27). The Kier molecular flexibility index (Phi) is 8.06. The highest BCUT2D eigenvalue weighted by molar-refractivity contribution is 5.96. The Morgan fingerprint density at radius 2 is 1.60 bits per heavy atom. The molecule has 30 heavy (non-hydrogen) atoms. The van der Waals surface area contributed by atoms with Crippen LogP contribution in [0.25, 0.3) is 0 Å². The third-order valence-electron chi connectivity index (χ3n) is 5.38. The molecule has 1 aromatic carbocycles. The summed E-state index contributed by atoms with van der Waals surface area (Å²) in [5.41, 5.74) is 1.18. The number of hydrogen-bond donors (Lipinski definition) is 3. The first-order valence-corrected chi connectivity index (χ1v) is 10.6. The van der Waals surface area contributed by atoms with Crippen molar-refractivity contribution in [1.29, 1.82) is 0 Å². The minimum atomic E-state index is -0.321. The molecule has 0 atom stereocenters. The van der Waals surface area contributed by atoms with Crippen LogP contribution < -0.4 is 16.0 Å². The van der Waals surface area contributed by atoms with Gasteiger partial charge in [0.15, 0.2) is 5.76 Å². The molecule has 7 heteroatoms. The van der Waals surface area contributed by atoms with E-state index in [9.17, 15) is 14.4 Å². The molecule has 1 aromatic heterocycles. The first kappa shape index (κ1) is 21.6. The molecule has 160 valence electrons. The summed E-state index contributed by atoms with van der Waals surface area (Å²) in [4.78, 5) is 36.1. The SMILES string of the molecule is O=C(CCC1CCCCC1)Nc1ccc(C(=O)NCCNC(=O)c2ccco2)cc1. The Morgan fingerprint density at radius 1 is 0.900 bits per heavy atom. The molecule has 1 fully saturated rings. The molecular weight excluding hydrogens is 382 g/mol. The van der Waals surface area contributed by atoms with Crippen LogP contribution in [0.1, 0.15) is 65.9 Å². The number of rotatable bonds is 9. The van der Waals surface area contributed by atoms with E-state index in [4.69, 9.17) is 4.42 Å². The molecule has 0 bridgehead atoms. The Balaban J connectivity index is 1.35. The molecule has 2 aromatic rings. The van der Waals surface area contributed by atoms with Gasteiger partial charge in [0.25, 0.3) is 11.8 Å².